The summed E-state index contributed by atoms with van der Waals surface area (Å²) < 4.78 is 25.0. The lowest BCUT2D eigenvalue weighted by Crippen LogP contribution is -2.29. The summed E-state index contributed by atoms with van der Waals surface area (Å²) in [6.45, 7) is 8.54. The smallest absolute Gasteiger partial charge is 0.343 e. The van der Waals surface area contributed by atoms with Crippen molar-refractivity contribution in [1.82, 2.24) is 14.9 Å². The van der Waals surface area contributed by atoms with Gasteiger partial charge in [-0.25, -0.2) is 14.0 Å². The van der Waals surface area contributed by atoms with Crippen molar-refractivity contribution in [2.75, 3.05) is 79.8 Å². The molecule has 1 amide bonds. The Balaban J connectivity index is 2.09. The number of hydrogen-bond acceptors (Lipinski definition) is 11. The summed E-state index contributed by atoms with van der Waals surface area (Å²) in [5.74, 6) is -0.212. The third kappa shape index (κ3) is 9.40. The monoisotopic (exact) mass is 638 g/mol. The normalized spacial score (nSPS) is 11.5. The first-order valence-corrected chi connectivity index (χ1v) is 15.7. The van der Waals surface area contributed by atoms with Gasteiger partial charge in [-0.15, -0.1) is 0 Å². The minimum atomic E-state index is -1.30. The van der Waals surface area contributed by atoms with Crippen LogP contribution in [0.4, 0.5) is 40.2 Å². The number of likely N-dealkylation sites (N-methyl/N-ethyl adjacent to an activating group) is 2. The van der Waals surface area contributed by atoms with Gasteiger partial charge in [-0.1, -0.05) is 18.7 Å². The number of rotatable bonds is 15. The maximum Gasteiger partial charge on any atom is 0.343 e. The summed E-state index contributed by atoms with van der Waals surface area (Å²) in [4.78, 5) is 38.5. The molecular weight excluding hydrogens is 596 g/mol. The number of carbonyl (C=O) groups is 2. The maximum absolute atomic E-state index is 13.0. The molecule has 0 spiro atoms. The topological polar surface area (TPSA) is 141 Å². The van der Waals surface area contributed by atoms with Crippen LogP contribution in [0.15, 0.2) is 55.3 Å². The molecule has 0 aliphatic heterocycles. The SMILES string of the molecule is C=CC(=O)Nc1cc(Nc2ncc(C(=O)OC(C)C)c(Nc3ccccc3N(C)S(C)=O)n2)c(OC)cc1N(C)CCN(C)C. The highest BCUT2D eigenvalue weighted by Gasteiger charge is 2.21. The molecule has 1 atom stereocenters. The van der Waals surface area contributed by atoms with Crippen molar-refractivity contribution in [3.63, 3.8) is 0 Å². The Bertz CT molecular complexity index is 1550. The first kappa shape index (κ1) is 34.8. The molecule has 3 N–H and O–H groups in total. The zero-order chi connectivity index (χ0) is 33.3. The standard InChI is InChI=1S/C31H42N8O5S/c1-10-28(40)33-23-17-24(27(43-8)18-26(23)38(6)16-15-37(4)5)35-31-32-19-21(30(41)44-20(2)3)29(36-31)34-22-13-11-12-14-25(22)39(7)45(9)42/h10-14,17-20H,1,15-16H2,2-9H3,(H,33,40)(H2,32,34,35,36). The van der Waals surface area contributed by atoms with E-state index in [1.54, 1.807) is 55.7 Å². The summed E-state index contributed by atoms with van der Waals surface area (Å²) in [6, 6.07) is 10.8. The van der Waals surface area contributed by atoms with Gasteiger partial charge in [-0.3, -0.25) is 9.10 Å². The van der Waals surface area contributed by atoms with Crippen LogP contribution in [0.3, 0.4) is 0 Å². The first-order chi connectivity index (χ1) is 21.3. The average molecular weight is 639 g/mol. The van der Waals surface area contributed by atoms with Gasteiger partial charge in [0.2, 0.25) is 11.9 Å². The molecule has 14 heteroatoms. The van der Waals surface area contributed by atoms with E-state index in [1.807, 2.05) is 38.2 Å². The maximum atomic E-state index is 13.0. The Morgan fingerprint density at radius 1 is 1.02 bits per heavy atom. The fourth-order valence-corrected chi connectivity index (χ4v) is 4.55. The van der Waals surface area contributed by atoms with E-state index in [9.17, 15) is 13.8 Å². The predicted molar refractivity (Wildman–Crippen MR) is 182 cm³/mol. The number of methoxy groups -OCH3 is 1. The van der Waals surface area contributed by atoms with Crippen LogP contribution < -0.4 is 29.9 Å². The highest BCUT2D eigenvalue weighted by atomic mass is 32.2. The zero-order valence-corrected chi connectivity index (χ0v) is 27.8. The van der Waals surface area contributed by atoms with Crippen molar-refractivity contribution in [3.05, 3.63) is 60.8 Å². The fraction of sp³-hybridized carbons (Fsp3) is 0.355. The molecule has 1 aromatic heterocycles. The Hall–Kier alpha value is -4.69. The molecular formula is C31H42N8O5S. The molecule has 1 heterocycles. The fourth-order valence-electron chi connectivity index (χ4n) is 4.11. The van der Waals surface area contributed by atoms with Gasteiger partial charge in [0, 0.05) is 45.7 Å². The molecule has 13 nitrogen and oxygen atoms in total. The predicted octanol–water partition coefficient (Wildman–Crippen LogP) is 4.39. The van der Waals surface area contributed by atoms with Gasteiger partial charge in [0.05, 0.1) is 41.7 Å². The van der Waals surface area contributed by atoms with Crippen LogP contribution in [0, 0.1) is 0 Å². The van der Waals surface area contributed by atoms with Crippen LogP contribution in [-0.2, 0) is 20.5 Å². The molecule has 0 saturated carbocycles. The largest absolute Gasteiger partial charge is 0.494 e. The van der Waals surface area contributed by atoms with Crippen LogP contribution in [-0.4, -0.2) is 91.7 Å². The van der Waals surface area contributed by atoms with Crippen LogP contribution >= 0.6 is 0 Å². The Kier molecular flexibility index (Phi) is 12.3. The van der Waals surface area contributed by atoms with Crippen molar-refractivity contribution in [2.45, 2.75) is 20.0 Å². The number of benzene rings is 2. The minimum Gasteiger partial charge on any atom is -0.494 e. The van der Waals surface area contributed by atoms with Gasteiger partial charge in [0.25, 0.3) is 0 Å². The van der Waals surface area contributed by atoms with Crippen LogP contribution in [0.5, 0.6) is 5.75 Å². The van der Waals surface area contributed by atoms with E-state index in [0.717, 1.165) is 12.2 Å². The van der Waals surface area contributed by atoms with E-state index in [1.165, 1.54) is 19.4 Å². The van der Waals surface area contributed by atoms with Crippen LogP contribution in [0.2, 0.25) is 0 Å². The second kappa shape index (κ2) is 15.9. The first-order valence-electron chi connectivity index (χ1n) is 14.1. The van der Waals surface area contributed by atoms with Gasteiger partial charge >= 0.3 is 5.97 Å². The molecule has 3 aromatic rings. The van der Waals surface area contributed by atoms with E-state index >= 15 is 0 Å². The number of para-hydroxylation sites is 2. The minimum absolute atomic E-state index is 0.105. The number of aromatic nitrogens is 2. The lowest BCUT2D eigenvalue weighted by atomic mass is 10.2. The molecule has 1 unspecified atom stereocenters. The Morgan fingerprint density at radius 2 is 1.73 bits per heavy atom. The van der Waals surface area contributed by atoms with Crippen molar-refractivity contribution < 1.29 is 23.3 Å². The molecule has 2 aromatic carbocycles. The van der Waals surface area contributed by atoms with Crippen molar-refractivity contribution in [1.29, 1.82) is 0 Å². The van der Waals surface area contributed by atoms with Crippen LogP contribution in [0.1, 0.15) is 24.2 Å². The third-order valence-corrected chi connectivity index (χ3v) is 7.50. The van der Waals surface area contributed by atoms with Gasteiger partial charge < -0.3 is 35.2 Å². The number of carbonyl (C=O) groups excluding carboxylic acids is 2. The van der Waals surface area contributed by atoms with E-state index in [2.05, 4.69) is 37.4 Å². The van der Waals surface area contributed by atoms with Crippen molar-refractivity contribution in [2.24, 2.45) is 0 Å². The number of anilines is 7. The number of amides is 1. The molecule has 0 fully saturated rings. The van der Waals surface area contributed by atoms with Crippen LogP contribution in [0.25, 0.3) is 0 Å². The van der Waals surface area contributed by atoms with E-state index in [-0.39, 0.29) is 29.3 Å². The van der Waals surface area contributed by atoms with E-state index in [0.29, 0.717) is 35.0 Å². The number of nitrogens with zero attached hydrogens (tertiary/aromatic N) is 5. The molecule has 242 valence electrons. The van der Waals surface area contributed by atoms with Gasteiger partial charge in [-0.05, 0) is 52.2 Å². The number of esters is 1. The van der Waals surface area contributed by atoms with Gasteiger partial charge in [0.15, 0.2) is 5.82 Å². The number of ether oxygens (including phenoxy) is 2. The summed E-state index contributed by atoms with van der Waals surface area (Å²) in [7, 11) is 7.84. The molecule has 0 bridgehead atoms. The summed E-state index contributed by atoms with van der Waals surface area (Å²) in [6.07, 6.45) is 3.76. The van der Waals surface area contributed by atoms with Crippen molar-refractivity contribution >= 4 is 63.1 Å². The Morgan fingerprint density at radius 3 is 2.36 bits per heavy atom. The quantitative estimate of drug-likeness (QED) is 0.161. The second-order valence-electron chi connectivity index (χ2n) is 10.6. The average Bonchev–Trinajstić information content (AvgIpc) is 2.99. The molecule has 45 heavy (non-hydrogen) atoms. The van der Waals surface area contributed by atoms with E-state index in [4.69, 9.17) is 9.47 Å². The highest BCUT2D eigenvalue weighted by Crippen LogP contribution is 2.38. The molecule has 0 aliphatic carbocycles. The molecule has 0 radical (unpaired) electrons. The summed E-state index contributed by atoms with van der Waals surface area (Å²) >= 11 is 0. The lowest BCUT2D eigenvalue weighted by Gasteiger charge is -2.26. The van der Waals surface area contributed by atoms with Gasteiger partial charge in [0.1, 0.15) is 22.3 Å². The van der Waals surface area contributed by atoms with Gasteiger partial charge in [-0.2, -0.15) is 4.98 Å². The van der Waals surface area contributed by atoms with E-state index < -0.39 is 17.0 Å². The summed E-state index contributed by atoms with van der Waals surface area (Å²) in [5.41, 5.74) is 3.02. The highest BCUT2D eigenvalue weighted by molar-refractivity contribution is 7.85. The number of hydrogen-bond donors (Lipinski definition) is 3. The van der Waals surface area contributed by atoms with Crippen molar-refractivity contribution in [3.8, 4) is 5.75 Å². The Labute approximate surface area is 267 Å². The lowest BCUT2D eigenvalue weighted by molar-refractivity contribution is -0.111. The molecule has 0 saturated heterocycles. The summed E-state index contributed by atoms with van der Waals surface area (Å²) in [5, 5.41) is 9.22. The zero-order valence-electron chi connectivity index (χ0n) is 27.0. The number of nitrogens with one attached hydrogen (secondary N) is 3. The second-order valence-corrected chi connectivity index (χ2v) is 12.0. The molecule has 3 rings (SSSR count). The third-order valence-electron chi connectivity index (χ3n) is 6.53. The molecule has 0 aliphatic rings.